The third kappa shape index (κ3) is 4.24. The third-order valence-corrected chi connectivity index (χ3v) is 4.15. The Labute approximate surface area is 87.2 Å². The maximum Gasteiger partial charge on any atom is 0.323 e. The summed E-state index contributed by atoms with van der Waals surface area (Å²) in [6, 6.07) is 1.03. The molecule has 0 bridgehead atoms. The summed E-state index contributed by atoms with van der Waals surface area (Å²) in [6.07, 6.45) is 2.03. The molecule has 4 heteroatoms. The predicted octanol–water partition coefficient (Wildman–Crippen LogP) is 1.62. The molecule has 82 valence electrons. The first kappa shape index (κ1) is 11.7. The van der Waals surface area contributed by atoms with Crippen molar-refractivity contribution in [3.63, 3.8) is 0 Å². The minimum atomic E-state index is -1.06. The normalized spacial score (nSPS) is 22.4. The molecule has 1 rings (SSSR count). The highest BCUT2D eigenvalue weighted by Gasteiger charge is 2.23. The number of ether oxygens (including phenoxy) is 1. The van der Waals surface area contributed by atoms with Crippen LogP contribution in [0.5, 0.6) is 0 Å². The van der Waals surface area contributed by atoms with Crippen molar-refractivity contribution >= 4 is 14.0 Å². The summed E-state index contributed by atoms with van der Waals surface area (Å²) in [5, 5.41) is 3.14. The van der Waals surface area contributed by atoms with Gasteiger partial charge in [0, 0.05) is 8.07 Å². The smallest absolute Gasteiger partial charge is 0.323 e. The van der Waals surface area contributed by atoms with Crippen LogP contribution in [0.3, 0.4) is 0 Å². The zero-order valence-electron chi connectivity index (χ0n) is 9.43. The predicted molar refractivity (Wildman–Crippen MR) is 60.1 cm³/mol. The van der Waals surface area contributed by atoms with E-state index in [2.05, 4.69) is 25.0 Å². The molecule has 14 heavy (non-hydrogen) atoms. The fraction of sp³-hybridized carbons (Fsp3) is 0.900. The molecule has 0 aromatic rings. The second kappa shape index (κ2) is 4.93. The van der Waals surface area contributed by atoms with Crippen LogP contribution in [0.15, 0.2) is 0 Å². The van der Waals surface area contributed by atoms with E-state index in [0.29, 0.717) is 6.61 Å². The molecule has 3 nitrogen and oxygen atoms in total. The Bertz CT molecular complexity index is 195. The van der Waals surface area contributed by atoms with Gasteiger partial charge in [0.2, 0.25) is 0 Å². The molecule has 1 heterocycles. The Balaban J connectivity index is 2.15. The Kier molecular flexibility index (Phi) is 4.13. The maximum atomic E-state index is 11.5. The van der Waals surface area contributed by atoms with Gasteiger partial charge in [0.25, 0.3) is 0 Å². The first-order chi connectivity index (χ1) is 6.49. The number of carbonyl (C=O) groups excluding carboxylic acids is 1. The van der Waals surface area contributed by atoms with Crippen molar-refractivity contribution < 1.29 is 9.53 Å². The van der Waals surface area contributed by atoms with Crippen molar-refractivity contribution in [2.75, 3.05) is 13.2 Å². The van der Waals surface area contributed by atoms with E-state index in [9.17, 15) is 4.79 Å². The molecule has 1 aliphatic rings. The minimum Gasteiger partial charge on any atom is -0.465 e. The fourth-order valence-corrected chi connectivity index (χ4v) is 2.16. The number of hydrogen-bond donors (Lipinski definition) is 1. The number of nitrogens with one attached hydrogen (secondary N) is 1. The average Bonchev–Trinajstić information content (AvgIpc) is 2.53. The monoisotopic (exact) mass is 215 g/mol. The molecule has 1 aliphatic heterocycles. The van der Waals surface area contributed by atoms with Crippen molar-refractivity contribution in [2.45, 2.75) is 44.6 Å². The summed E-state index contributed by atoms with van der Waals surface area (Å²) < 4.78 is 5.24. The van der Waals surface area contributed by atoms with Crippen LogP contribution in [0.4, 0.5) is 0 Å². The lowest BCUT2D eigenvalue weighted by Gasteiger charge is -2.16. The standard InChI is InChI=1S/C10H21NO2Si/c1-14(2,3)8-7-13-10(12)9-5-4-6-11-9/h9,11H,4-8H2,1-3H3/t9-/m0/s1. The largest absolute Gasteiger partial charge is 0.465 e. The van der Waals surface area contributed by atoms with Gasteiger partial charge in [-0.25, -0.2) is 0 Å². The lowest BCUT2D eigenvalue weighted by molar-refractivity contribution is -0.145. The minimum absolute atomic E-state index is 0.0309. The van der Waals surface area contributed by atoms with Gasteiger partial charge < -0.3 is 10.1 Å². The zero-order chi connectivity index (χ0) is 10.6. The SMILES string of the molecule is C[Si](C)(C)CCOC(=O)[C@@H]1CCCN1. The zero-order valence-corrected chi connectivity index (χ0v) is 10.4. The summed E-state index contributed by atoms with van der Waals surface area (Å²) in [6.45, 7) is 8.42. The quantitative estimate of drug-likeness (QED) is 0.572. The lowest BCUT2D eigenvalue weighted by Crippen LogP contribution is -2.33. The van der Waals surface area contributed by atoms with Crippen molar-refractivity contribution in [2.24, 2.45) is 0 Å². The van der Waals surface area contributed by atoms with Gasteiger partial charge in [-0.1, -0.05) is 19.6 Å². The Morgan fingerprint density at radius 3 is 2.71 bits per heavy atom. The van der Waals surface area contributed by atoms with Gasteiger partial charge in [-0.05, 0) is 25.4 Å². The highest BCUT2D eigenvalue weighted by atomic mass is 28.3. The molecule has 1 N–H and O–H groups in total. The highest BCUT2D eigenvalue weighted by Crippen LogP contribution is 2.10. The first-order valence-electron chi connectivity index (χ1n) is 5.39. The first-order valence-corrected chi connectivity index (χ1v) is 9.10. The molecule has 0 unspecified atom stereocenters. The summed E-state index contributed by atoms with van der Waals surface area (Å²) in [4.78, 5) is 11.5. The van der Waals surface area contributed by atoms with Gasteiger partial charge >= 0.3 is 5.97 Å². The van der Waals surface area contributed by atoms with Crippen molar-refractivity contribution in [3.8, 4) is 0 Å². The molecule has 1 atom stereocenters. The number of carbonyl (C=O) groups is 1. The van der Waals surface area contributed by atoms with Gasteiger partial charge in [-0.15, -0.1) is 0 Å². The lowest BCUT2D eigenvalue weighted by atomic mass is 10.2. The van der Waals surface area contributed by atoms with Crippen LogP contribution in [0.1, 0.15) is 12.8 Å². The highest BCUT2D eigenvalue weighted by molar-refractivity contribution is 6.76. The summed E-state index contributed by atoms with van der Waals surface area (Å²) >= 11 is 0. The second-order valence-corrected chi connectivity index (χ2v) is 10.7. The summed E-state index contributed by atoms with van der Waals surface area (Å²) in [5.74, 6) is -0.0549. The second-order valence-electron chi connectivity index (χ2n) is 5.13. The number of rotatable bonds is 4. The molecule has 0 aromatic carbocycles. The van der Waals surface area contributed by atoms with E-state index < -0.39 is 8.07 Å². The molecule has 0 saturated carbocycles. The molecular weight excluding hydrogens is 194 g/mol. The maximum absolute atomic E-state index is 11.5. The Morgan fingerprint density at radius 1 is 1.50 bits per heavy atom. The van der Waals surface area contributed by atoms with Crippen LogP contribution < -0.4 is 5.32 Å². The van der Waals surface area contributed by atoms with E-state index in [1.165, 1.54) is 0 Å². The van der Waals surface area contributed by atoms with E-state index in [0.717, 1.165) is 25.4 Å². The Morgan fingerprint density at radius 2 is 2.21 bits per heavy atom. The average molecular weight is 215 g/mol. The van der Waals surface area contributed by atoms with Crippen molar-refractivity contribution in [1.29, 1.82) is 0 Å². The number of hydrogen-bond acceptors (Lipinski definition) is 3. The summed E-state index contributed by atoms with van der Waals surface area (Å²) in [5.41, 5.74) is 0. The number of esters is 1. The molecule has 1 fully saturated rings. The molecule has 0 radical (unpaired) electrons. The van der Waals surface area contributed by atoms with Crippen LogP contribution >= 0.6 is 0 Å². The topological polar surface area (TPSA) is 38.3 Å². The van der Waals surface area contributed by atoms with Crippen molar-refractivity contribution in [1.82, 2.24) is 5.32 Å². The third-order valence-electron chi connectivity index (χ3n) is 2.44. The molecule has 0 aromatic heterocycles. The van der Waals surface area contributed by atoms with E-state index in [4.69, 9.17) is 4.74 Å². The van der Waals surface area contributed by atoms with E-state index in [1.807, 2.05) is 0 Å². The van der Waals surface area contributed by atoms with Crippen LogP contribution in [0.25, 0.3) is 0 Å². The van der Waals surface area contributed by atoms with E-state index in [1.54, 1.807) is 0 Å². The Hall–Kier alpha value is -0.353. The van der Waals surface area contributed by atoms with Gasteiger partial charge in [-0.3, -0.25) is 4.79 Å². The van der Waals surface area contributed by atoms with E-state index >= 15 is 0 Å². The summed E-state index contributed by atoms with van der Waals surface area (Å²) in [7, 11) is -1.06. The molecular formula is C10H21NO2Si. The fourth-order valence-electron chi connectivity index (χ4n) is 1.44. The van der Waals surface area contributed by atoms with Crippen LogP contribution in [0.2, 0.25) is 25.7 Å². The van der Waals surface area contributed by atoms with Gasteiger partial charge in [-0.2, -0.15) is 0 Å². The van der Waals surface area contributed by atoms with Gasteiger partial charge in [0.15, 0.2) is 0 Å². The van der Waals surface area contributed by atoms with Gasteiger partial charge in [0.1, 0.15) is 6.04 Å². The van der Waals surface area contributed by atoms with E-state index in [-0.39, 0.29) is 12.0 Å². The molecule has 1 saturated heterocycles. The molecule has 0 amide bonds. The molecule has 0 spiro atoms. The molecule has 0 aliphatic carbocycles. The van der Waals surface area contributed by atoms with Gasteiger partial charge in [0.05, 0.1) is 6.61 Å². The van der Waals surface area contributed by atoms with Crippen molar-refractivity contribution in [3.05, 3.63) is 0 Å². The van der Waals surface area contributed by atoms with Crippen LogP contribution in [-0.4, -0.2) is 33.2 Å². The van der Waals surface area contributed by atoms with Crippen LogP contribution in [-0.2, 0) is 9.53 Å². The van der Waals surface area contributed by atoms with Crippen LogP contribution in [0, 0.1) is 0 Å².